The van der Waals surface area contributed by atoms with Crippen LogP contribution in [0.4, 0.5) is 16.2 Å². The summed E-state index contributed by atoms with van der Waals surface area (Å²) in [5, 5.41) is 20.8. The predicted octanol–water partition coefficient (Wildman–Crippen LogP) is -1.69. The first-order chi connectivity index (χ1) is 25.9. The van der Waals surface area contributed by atoms with Gasteiger partial charge in [0.2, 0.25) is 12.4 Å². The molecule has 17 nitrogen and oxygen atoms in total. The maximum absolute atomic E-state index is 12.2. The van der Waals surface area contributed by atoms with Gasteiger partial charge in [0.25, 0.3) is 6.47 Å². The number of halogens is 2. The van der Waals surface area contributed by atoms with Crippen molar-refractivity contribution in [3.63, 3.8) is 0 Å². The van der Waals surface area contributed by atoms with Crippen molar-refractivity contribution in [1.29, 1.82) is 0 Å². The van der Waals surface area contributed by atoms with Crippen molar-refractivity contribution in [3.8, 4) is 0 Å². The third kappa shape index (κ3) is 21.3. The van der Waals surface area contributed by atoms with E-state index in [1.807, 2.05) is 52.0 Å². The Kier molecular flexibility index (Phi) is 36.8. The van der Waals surface area contributed by atoms with Crippen LogP contribution in [0.3, 0.4) is 0 Å². The smallest absolute Gasteiger partial charge is 1.00 e. The van der Waals surface area contributed by atoms with Gasteiger partial charge in [0.05, 0.1) is 17.9 Å². The maximum Gasteiger partial charge on any atom is 1.00 e. The van der Waals surface area contributed by atoms with E-state index in [1.165, 1.54) is 20.3 Å². The van der Waals surface area contributed by atoms with Gasteiger partial charge in [-0.25, -0.2) is 9.59 Å². The monoisotopic (exact) mass is 1160 g/mol. The Balaban J connectivity index is -0.000000777. The molecule has 2 aliphatic heterocycles. The number of nitrogens with zero attached hydrogens (tertiary/aromatic N) is 1. The number of hydrogen-bond donors (Lipinski definition) is 2. The summed E-state index contributed by atoms with van der Waals surface area (Å²) < 4.78 is 51.1. The van der Waals surface area contributed by atoms with Crippen LogP contribution in [0, 0.1) is 0 Å². The van der Waals surface area contributed by atoms with Gasteiger partial charge >= 0.3 is 144 Å². The molecule has 0 radical (unpaired) electrons. The van der Waals surface area contributed by atoms with Gasteiger partial charge in [-0.15, -0.1) is 0 Å². The Morgan fingerprint density at radius 3 is 1.66 bits per heavy atom. The Morgan fingerprint density at radius 1 is 0.821 bits per heavy atom. The minimum Gasteiger partial charge on any atom is -1.00 e. The number of amides is 1. The van der Waals surface area contributed by atoms with E-state index in [4.69, 9.17) is 52.7 Å². The average Bonchev–Trinajstić information content (AvgIpc) is 3.15. The second-order valence-electron chi connectivity index (χ2n) is 11.0. The quantitative estimate of drug-likeness (QED) is 0.0799. The molecule has 0 aromatic heterocycles. The number of hydrogen-bond acceptors (Lipinski definition) is 16. The fourth-order valence-corrected chi connectivity index (χ4v) is 5.86. The van der Waals surface area contributed by atoms with Crippen LogP contribution in [-0.2, 0) is 57.1 Å². The number of carbonyl (C=O) groups is 2. The SMILES string of the molecule is CCO[C@@H]1[C@@H](OC)[C@H](C)OC(O)[C@@H]1OC.CCO[C@@H]1[C@@H](OC)[C@H](C)O[C@@H](OC(=O)Nc2ccc(Br)cc2)[C@@H]1OC.O=C=Nc1ccc(Br)cc1.O=CO[O-].[Cs+].[Cs+].[H-]. The first-order valence-corrected chi connectivity index (χ1v) is 18.1. The van der Waals surface area contributed by atoms with Crippen LogP contribution in [0.15, 0.2) is 62.5 Å². The van der Waals surface area contributed by atoms with E-state index in [1.54, 1.807) is 38.5 Å². The maximum atomic E-state index is 12.2. The van der Waals surface area contributed by atoms with E-state index in [-0.39, 0.29) is 176 Å². The van der Waals surface area contributed by atoms with Crippen molar-refractivity contribution >= 4 is 61.9 Å². The Bertz CT molecular complexity index is 1380. The number of aliphatic hydroxyl groups is 1. The molecule has 2 fully saturated rings. The molecule has 21 heteroatoms. The molecule has 2 aromatic carbocycles. The number of methoxy groups -OCH3 is 4. The summed E-state index contributed by atoms with van der Waals surface area (Å²) in [7, 11) is 6.23. The fraction of sp³-hybridized carbons (Fsp3) is 0.571. The molecule has 2 heterocycles. The van der Waals surface area contributed by atoms with E-state index in [0.717, 1.165) is 8.95 Å². The number of anilines is 1. The molecule has 4 rings (SSSR count). The molecule has 306 valence electrons. The van der Waals surface area contributed by atoms with Crippen LogP contribution >= 0.6 is 31.9 Å². The zero-order valence-corrected chi connectivity index (χ0v) is 49.0. The number of aliphatic hydroxyl groups excluding tert-OH is 1. The minimum absolute atomic E-state index is 0. The first kappa shape index (κ1) is 59.3. The summed E-state index contributed by atoms with van der Waals surface area (Å²) in [5.41, 5.74) is 1.24. The summed E-state index contributed by atoms with van der Waals surface area (Å²) >= 11 is 6.60. The fourth-order valence-electron chi connectivity index (χ4n) is 5.33. The zero-order valence-electron chi connectivity index (χ0n) is 34.2. The van der Waals surface area contributed by atoms with Crippen LogP contribution in [0.2, 0.25) is 0 Å². The molecule has 2 N–H and O–H groups in total. The summed E-state index contributed by atoms with van der Waals surface area (Å²) in [6, 6.07) is 14.2. The molecule has 0 spiro atoms. The van der Waals surface area contributed by atoms with Crippen LogP contribution in [0.1, 0.15) is 29.1 Å². The third-order valence-electron chi connectivity index (χ3n) is 7.63. The number of carbonyl (C=O) groups excluding carboxylic acids is 3. The Labute approximate surface area is 463 Å². The van der Waals surface area contributed by atoms with E-state index in [9.17, 15) is 14.7 Å². The second kappa shape index (κ2) is 34.8. The van der Waals surface area contributed by atoms with Gasteiger partial charge < -0.3 is 59.3 Å². The number of nitrogens with one attached hydrogen (secondary N) is 1. The van der Waals surface area contributed by atoms with E-state index >= 15 is 0 Å². The van der Waals surface area contributed by atoms with Crippen LogP contribution < -0.4 is 148 Å². The predicted molar refractivity (Wildman–Crippen MR) is 199 cm³/mol. The Hall–Kier alpha value is 1.22. The average molecular weight is 1160 g/mol. The summed E-state index contributed by atoms with van der Waals surface area (Å²) in [5.74, 6) is 0. The number of rotatable bonds is 12. The van der Waals surface area contributed by atoms with Crippen molar-refractivity contribution in [2.24, 2.45) is 4.99 Å². The third-order valence-corrected chi connectivity index (χ3v) is 8.69. The van der Waals surface area contributed by atoms with Crippen molar-refractivity contribution in [1.82, 2.24) is 0 Å². The number of isocyanates is 1. The van der Waals surface area contributed by atoms with Gasteiger partial charge in [-0.1, -0.05) is 31.9 Å². The van der Waals surface area contributed by atoms with Crippen molar-refractivity contribution in [2.75, 3.05) is 47.0 Å². The zero-order chi connectivity index (χ0) is 40.6. The molecule has 10 atom stereocenters. The molecule has 0 saturated carbocycles. The standard InChI is InChI=1S/C17H24BrNO6.C10H20O5.C7H4BrNO.CH2O3.2Cs.H/c1-5-23-14-13(21-3)10(2)24-16(15(14)22-4)25-17(20)19-12-8-6-11(18)7-9-12;1-5-14-8-7(12-3)6(2)15-10(11)9(8)13-4;8-6-1-3-7(4-2-6)9-5-10;2-1-4-3;;;/h6-10,13-16H,5H2,1-4H3,(H,19,20);6-11H,5H2,1-4H3;1-4H;1,3H;;;/q;;;;2*+1;-1/p-1/t10-,13-,14+,15+,16-;6-,7-,8+,9+,10?;;;;;/m00...../s1. The van der Waals surface area contributed by atoms with Crippen molar-refractivity contribution in [3.05, 3.63) is 57.5 Å². The molecule has 0 aliphatic carbocycles. The molecule has 1 unspecified atom stereocenters. The van der Waals surface area contributed by atoms with Gasteiger partial charge in [0.15, 0.2) is 6.29 Å². The molecule has 2 saturated heterocycles. The first-order valence-electron chi connectivity index (χ1n) is 16.5. The van der Waals surface area contributed by atoms with E-state index < -0.39 is 37.0 Å². The van der Waals surface area contributed by atoms with Crippen molar-refractivity contribution < 1.29 is 211 Å². The number of ether oxygens (including phenoxy) is 9. The normalized spacial score (nSPS) is 26.1. The van der Waals surface area contributed by atoms with Crippen LogP contribution in [0.5, 0.6) is 0 Å². The number of aliphatic imine (C=N–C) groups is 1. The second-order valence-corrected chi connectivity index (χ2v) is 12.8. The molecule has 0 bridgehead atoms. The molecular weight excluding hydrogens is 1110 g/mol. The molecule has 2 aliphatic rings. The van der Waals surface area contributed by atoms with Gasteiger partial charge in [0, 0.05) is 56.3 Å². The largest absolute Gasteiger partial charge is 1.00 e. The van der Waals surface area contributed by atoms with Gasteiger partial charge in [0.1, 0.15) is 36.6 Å². The molecular formula is C35H50Br2Cs2N2O15. The minimum atomic E-state index is -0.965. The van der Waals surface area contributed by atoms with E-state index in [2.05, 4.69) is 47.1 Å². The topological polar surface area (TPSA) is 211 Å². The van der Waals surface area contributed by atoms with Gasteiger partial charge in [-0.2, -0.15) is 4.99 Å². The van der Waals surface area contributed by atoms with Gasteiger partial charge in [-0.05, 0) is 76.2 Å². The van der Waals surface area contributed by atoms with Crippen LogP contribution in [0.25, 0.3) is 0 Å². The van der Waals surface area contributed by atoms with E-state index in [0.29, 0.717) is 24.6 Å². The van der Waals surface area contributed by atoms with Crippen LogP contribution in [-0.4, -0.2) is 127 Å². The molecule has 1 amide bonds. The van der Waals surface area contributed by atoms with Crippen molar-refractivity contribution in [2.45, 2.75) is 89.1 Å². The summed E-state index contributed by atoms with van der Waals surface area (Å²) in [4.78, 5) is 36.6. The number of benzene rings is 2. The summed E-state index contributed by atoms with van der Waals surface area (Å²) in [6.45, 7) is 8.31. The Morgan fingerprint density at radius 2 is 1.25 bits per heavy atom. The molecule has 56 heavy (non-hydrogen) atoms. The van der Waals surface area contributed by atoms with Gasteiger partial charge in [-0.3, -0.25) is 10.1 Å². The summed E-state index contributed by atoms with van der Waals surface area (Å²) in [6.07, 6.45) is -3.94. The molecule has 2 aromatic rings.